The zero-order chi connectivity index (χ0) is 12.1. The summed E-state index contributed by atoms with van der Waals surface area (Å²) in [5.41, 5.74) is 2.70. The average molecular weight is 232 g/mol. The molecule has 0 saturated carbocycles. The molecule has 1 heterocycles. The van der Waals surface area contributed by atoms with E-state index in [1.54, 1.807) is 0 Å². The molecule has 1 aliphatic heterocycles. The first-order chi connectivity index (χ1) is 8.31. The predicted octanol–water partition coefficient (Wildman–Crippen LogP) is 2.96. The molecule has 0 amide bonds. The second kappa shape index (κ2) is 6.06. The van der Waals surface area contributed by atoms with E-state index in [9.17, 15) is 0 Å². The quantitative estimate of drug-likeness (QED) is 0.862. The maximum atomic E-state index is 3.55. The minimum absolute atomic E-state index is 0.658. The molecule has 0 aliphatic carbocycles. The molecule has 0 spiro atoms. The van der Waals surface area contributed by atoms with Crippen molar-refractivity contribution in [2.45, 2.75) is 39.2 Å². The van der Waals surface area contributed by atoms with Gasteiger partial charge in [-0.15, -0.1) is 0 Å². The second-order valence-electron chi connectivity index (χ2n) is 4.98. The normalized spacial score (nSPS) is 20.9. The summed E-state index contributed by atoms with van der Waals surface area (Å²) in [6, 6.07) is 9.59. The minimum atomic E-state index is 0.658. The highest BCUT2D eigenvalue weighted by atomic mass is 15.2. The Labute approximate surface area is 105 Å². The molecule has 1 atom stereocenters. The summed E-state index contributed by atoms with van der Waals surface area (Å²) in [5, 5.41) is 3.55. The fourth-order valence-electron chi connectivity index (χ4n) is 2.65. The van der Waals surface area contributed by atoms with Crippen LogP contribution in [0.2, 0.25) is 0 Å². The largest absolute Gasteiger partial charge is 0.368 e. The minimum Gasteiger partial charge on any atom is -0.368 e. The summed E-state index contributed by atoms with van der Waals surface area (Å²) in [6.45, 7) is 7.80. The lowest BCUT2D eigenvalue weighted by Crippen LogP contribution is -2.41. The summed E-state index contributed by atoms with van der Waals surface area (Å²) in [4.78, 5) is 2.54. The Morgan fingerprint density at radius 2 is 2.00 bits per heavy atom. The van der Waals surface area contributed by atoms with Crippen LogP contribution in [0.5, 0.6) is 0 Å². The monoisotopic (exact) mass is 232 g/mol. The fraction of sp³-hybridized carbons (Fsp3) is 0.600. The molecular formula is C15H24N2. The van der Waals surface area contributed by atoms with Gasteiger partial charge in [-0.05, 0) is 45.4 Å². The zero-order valence-electron chi connectivity index (χ0n) is 11.1. The zero-order valence-corrected chi connectivity index (χ0v) is 11.1. The van der Waals surface area contributed by atoms with E-state index in [0.717, 1.165) is 13.1 Å². The second-order valence-corrected chi connectivity index (χ2v) is 4.98. The van der Waals surface area contributed by atoms with Crippen LogP contribution in [0.15, 0.2) is 24.3 Å². The molecule has 1 fully saturated rings. The standard InChI is InChI=1S/C15H24N2/c1-3-17(14-9-7-13(2)8-10-14)15-6-4-5-11-16-12-15/h7-10,15-16H,3-6,11-12H2,1-2H3. The summed E-state index contributed by atoms with van der Waals surface area (Å²) in [5.74, 6) is 0. The van der Waals surface area contributed by atoms with E-state index in [4.69, 9.17) is 0 Å². The molecule has 1 aromatic rings. The number of aryl methyl sites for hydroxylation is 1. The topological polar surface area (TPSA) is 15.3 Å². The molecular weight excluding hydrogens is 208 g/mol. The van der Waals surface area contributed by atoms with Crippen molar-refractivity contribution < 1.29 is 0 Å². The molecule has 1 N–H and O–H groups in total. The van der Waals surface area contributed by atoms with Crippen LogP contribution in [0.3, 0.4) is 0 Å². The highest BCUT2D eigenvalue weighted by Gasteiger charge is 2.18. The van der Waals surface area contributed by atoms with Gasteiger partial charge in [0.2, 0.25) is 0 Å². The number of rotatable bonds is 3. The van der Waals surface area contributed by atoms with Gasteiger partial charge in [0.1, 0.15) is 0 Å². The van der Waals surface area contributed by atoms with Gasteiger partial charge in [0.25, 0.3) is 0 Å². The number of hydrogen-bond acceptors (Lipinski definition) is 2. The Morgan fingerprint density at radius 1 is 1.24 bits per heavy atom. The average Bonchev–Trinajstić information content (AvgIpc) is 2.62. The highest BCUT2D eigenvalue weighted by Crippen LogP contribution is 2.21. The number of hydrogen-bond donors (Lipinski definition) is 1. The lowest BCUT2D eigenvalue weighted by molar-refractivity contribution is 0.549. The van der Waals surface area contributed by atoms with Crippen LogP contribution in [0.1, 0.15) is 31.7 Å². The van der Waals surface area contributed by atoms with E-state index in [-0.39, 0.29) is 0 Å². The predicted molar refractivity (Wildman–Crippen MR) is 74.7 cm³/mol. The number of anilines is 1. The van der Waals surface area contributed by atoms with Gasteiger partial charge in [-0.1, -0.05) is 24.1 Å². The third kappa shape index (κ3) is 3.22. The van der Waals surface area contributed by atoms with Gasteiger partial charge in [-0.25, -0.2) is 0 Å². The van der Waals surface area contributed by atoms with Crippen molar-refractivity contribution >= 4 is 5.69 Å². The van der Waals surface area contributed by atoms with Crippen molar-refractivity contribution in [1.29, 1.82) is 0 Å². The van der Waals surface area contributed by atoms with Crippen LogP contribution in [-0.4, -0.2) is 25.7 Å². The van der Waals surface area contributed by atoms with Crippen molar-refractivity contribution in [1.82, 2.24) is 5.32 Å². The van der Waals surface area contributed by atoms with Gasteiger partial charge in [-0.3, -0.25) is 0 Å². The molecule has 1 unspecified atom stereocenters. The summed E-state index contributed by atoms with van der Waals surface area (Å²) >= 11 is 0. The maximum absolute atomic E-state index is 3.55. The molecule has 1 saturated heterocycles. The summed E-state index contributed by atoms with van der Waals surface area (Å²) in [7, 11) is 0. The van der Waals surface area contributed by atoms with Gasteiger partial charge in [0, 0.05) is 24.8 Å². The van der Waals surface area contributed by atoms with Crippen LogP contribution >= 0.6 is 0 Å². The van der Waals surface area contributed by atoms with Crippen LogP contribution in [0, 0.1) is 6.92 Å². The number of likely N-dealkylation sites (N-methyl/N-ethyl adjacent to an activating group) is 1. The molecule has 1 aromatic carbocycles. The van der Waals surface area contributed by atoms with Gasteiger partial charge in [0.15, 0.2) is 0 Å². The van der Waals surface area contributed by atoms with E-state index in [2.05, 4.69) is 48.3 Å². The fourth-order valence-corrected chi connectivity index (χ4v) is 2.65. The molecule has 1 aliphatic rings. The highest BCUT2D eigenvalue weighted by molar-refractivity contribution is 5.48. The van der Waals surface area contributed by atoms with Crippen molar-refractivity contribution in [2.24, 2.45) is 0 Å². The lowest BCUT2D eigenvalue weighted by atomic mass is 10.1. The SMILES string of the molecule is CCN(c1ccc(C)cc1)C1CCCCNC1. The summed E-state index contributed by atoms with van der Waals surface area (Å²) in [6.07, 6.45) is 3.98. The van der Waals surface area contributed by atoms with Crippen LogP contribution in [0.25, 0.3) is 0 Å². The van der Waals surface area contributed by atoms with Gasteiger partial charge < -0.3 is 10.2 Å². The van der Waals surface area contributed by atoms with Gasteiger partial charge >= 0.3 is 0 Å². The molecule has 0 bridgehead atoms. The van der Waals surface area contributed by atoms with E-state index in [0.29, 0.717) is 6.04 Å². The van der Waals surface area contributed by atoms with Crippen LogP contribution in [0.4, 0.5) is 5.69 Å². The molecule has 0 radical (unpaired) electrons. The van der Waals surface area contributed by atoms with Gasteiger partial charge in [-0.2, -0.15) is 0 Å². The van der Waals surface area contributed by atoms with E-state index < -0.39 is 0 Å². The molecule has 2 nitrogen and oxygen atoms in total. The van der Waals surface area contributed by atoms with Crippen molar-refractivity contribution in [3.8, 4) is 0 Å². The van der Waals surface area contributed by atoms with Gasteiger partial charge in [0.05, 0.1) is 0 Å². The Kier molecular flexibility index (Phi) is 4.43. The third-order valence-electron chi connectivity index (χ3n) is 3.67. The Balaban J connectivity index is 2.11. The van der Waals surface area contributed by atoms with Crippen molar-refractivity contribution in [3.05, 3.63) is 29.8 Å². The number of nitrogens with zero attached hydrogens (tertiary/aromatic N) is 1. The van der Waals surface area contributed by atoms with E-state index in [1.807, 2.05) is 0 Å². The first-order valence-electron chi connectivity index (χ1n) is 6.85. The maximum Gasteiger partial charge on any atom is 0.0414 e. The molecule has 0 aromatic heterocycles. The molecule has 94 valence electrons. The Bertz CT molecular complexity index is 323. The third-order valence-corrected chi connectivity index (χ3v) is 3.67. The van der Waals surface area contributed by atoms with Crippen molar-refractivity contribution in [3.63, 3.8) is 0 Å². The van der Waals surface area contributed by atoms with E-state index >= 15 is 0 Å². The first kappa shape index (κ1) is 12.4. The smallest absolute Gasteiger partial charge is 0.0414 e. The van der Waals surface area contributed by atoms with E-state index in [1.165, 1.54) is 37.1 Å². The molecule has 17 heavy (non-hydrogen) atoms. The molecule has 2 rings (SSSR count). The lowest BCUT2D eigenvalue weighted by Gasteiger charge is -2.32. The van der Waals surface area contributed by atoms with Crippen LogP contribution < -0.4 is 10.2 Å². The summed E-state index contributed by atoms with van der Waals surface area (Å²) < 4.78 is 0. The van der Waals surface area contributed by atoms with Crippen LogP contribution in [-0.2, 0) is 0 Å². The number of benzene rings is 1. The van der Waals surface area contributed by atoms with Crippen molar-refractivity contribution in [2.75, 3.05) is 24.5 Å². The Hall–Kier alpha value is -1.02. The Morgan fingerprint density at radius 3 is 2.71 bits per heavy atom. The number of nitrogens with one attached hydrogen (secondary N) is 1. The first-order valence-corrected chi connectivity index (χ1v) is 6.85. The molecule has 2 heteroatoms.